The van der Waals surface area contributed by atoms with Crippen LogP contribution in [0.15, 0.2) is 69.7 Å². The van der Waals surface area contributed by atoms with Gasteiger partial charge in [-0.15, -0.1) is 11.3 Å². The van der Waals surface area contributed by atoms with Crippen LogP contribution in [0.2, 0.25) is 0 Å². The third-order valence-electron chi connectivity index (χ3n) is 4.51. The fourth-order valence-electron chi connectivity index (χ4n) is 3.03. The number of halogens is 1. The highest BCUT2D eigenvalue weighted by molar-refractivity contribution is 9.10. The van der Waals surface area contributed by atoms with Crippen molar-refractivity contribution < 1.29 is 14.3 Å². The summed E-state index contributed by atoms with van der Waals surface area (Å²) in [7, 11) is 0. The third kappa shape index (κ3) is 5.17. The molecule has 6 nitrogen and oxygen atoms in total. The molecule has 0 aliphatic rings. The third-order valence-corrected chi connectivity index (χ3v) is 6.91. The van der Waals surface area contributed by atoms with Gasteiger partial charge in [-0.3, -0.25) is 4.79 Å². The average Bonchev–Trinajstić information content (AvgIpc) is 3.24. The Bertz CT molecular complexity index is 1260. The number of carbonyl (C=O) groups excluding carboxylic acids is 2. The number of hydrogen-bond acceptors (Lipinski definition) is 7. The summed E-state index contributed by atoms with van der Waals surface area (Å²) >= 11 is 6.39. The first-order valence-corrected chi connectivity index (χ1v) is 12.4. The molecule has 0 saturated heterocycles. The number of amides is 1. The first-order chi connectivity index (χ1) is 15.5. The van der Waals surface area contributed by atoms with Crippen LogP contribution in [0.5, 0.6) is 0 Å². The number of thiophene rings is 1. The van der Waals surface area contributed by atoms with Gasteiger partial charge in [0.1, 0.15) is 16.2 Å². The van der Waals surface area contributed by atoms with E-state index in [-0.39, 0.29) is 17.6 Å². The Hall–Kier alpha value is -2.75. The molecule has 2 aromatic heterocycles. The highest BCUT2D eigenvalue weighted by atomic mass is 79.9. The molecule has 0 unspecified atom stereocenters. The van der Waals surface area contributed by atoms with E-state index < -0.39 is 0 Å². The molecular weight excluding hydrogens is 510 g/mol. The minimum Gasteiger partial charge on any atom is -0.462 e. The van der Waals surface area contributed by atoms with Crippen LogP contribution in [-0.2, 0) is 9.53 Å². The Morgan fingerprint density at radius 2 is 1.84 bits per heavy atom. The van der Waals surface area contributed by atoms with Crippen LogP contribution in [0.3, 0.4) is 0 Å². The molecule has 0 aliphatic heterocycles. The van der Waals surface area contributed by atoms with Crippen molar-refractivity contribution in [2.45, 2.75) is 11.9 Å². The summed E-state index contributed by atoms with van der Waals surface area (Å²) in [5.41, 5.74) is 3.18. The maximum Gasteiger partial charge on any atom is 0.338 e. The molecule has 0 fully saturated rings. The van der Waals surface area contributed by atoms with Gasteiger partial charge >= 0.3 is 5.97 Å². The molecule has 9 heteroatoms. The monoisotopic (exact) mass is 527 g/mol. The molecule has 0 aliphatic carbocycles. The highest BCUT2D eigenvalue weighted by Crippen LogP contribution is 2.38. The smallest absolute Gasteiger partial charge is 0.338 e. The number of rotatable bonds is 7. The van der Waals surface area contributed by atoms with Crippen molar-refractivity contribution in [3.8, 4) is 11.1 Å². The van der Waals surface area contributed by atoms with Crippen molar-refractivity contribution >= 4 is 66.8 Å². The van der Waals surface area contributed by atoms with E-state index >= 15 is 0 Å². The second-order valence-electron chi connectivity index (χ2n) is 6.65. The molecule has 0 atom stereocenters. The minimum atomic E-state index is -0.383. The van der Waals surface area contributed by atoms with Gasteiger partial charge in [-0.1, -0.05) is 39.8 Å². The molecule has 0 spiro atoms. The summed E-state index contributed by atoms with van der Waals surface area (Å²) in [5, 5.41) is 6.63. The lowest BCUT2D eigenvalue weighted by Gasteiger charge is -2.08. The second-order valence-corrected chi connectivity index (χ2v) is 9.39. The molecule has 162 valence electrons. The van der Waals surface area contributed by atoms with Crippen LogP contribution < -0.4 is 5.32 Å². The molecule has 2 aromatic carbocycles. The SMILES string of the molecule is CCOC(=O)c1ccc(NC(=O)CSc2ncnc3scc(-c4ccc(Br)cc4)c23)cc1. The van der Waals surface area contributed by atoms with Crippen molar-refractivity contribution in [1.82, 2.24) is 9.97 Å². The van der Waals surface area contributed by atoms with Crippen molar-refractivity contribution in [1.29, 1.82) is 0 Å². The van der Waals surface area contributed by atoms with Gasteiger partial charge in [0.15, 0.2) is 0 Å². The zero-order chi connectivity index (χ0) is 22.5. The minimum absolute atomic E-state index is 0.161. The molecular formula is C23H18BrN3O3S2. The number of aromatic nitrogens is 2. The van der Waals surface area contributed by atoms with Crippen molar-refractivity contribution in [2.24, 2.45) is 0 Å². The Kier molecular flexibility index (Phi) is 7.19. The van der Waals surface area contributed by atoms with Crippen LogP contribution in [-0.4, -0.2) is 34.2 Å². The molecule has 4 aromatic rings. The molecule has 4 rings (SSSR count). The number of hydrogen-bond donors (Lipinski definition) is 1. The number of ether oxygens (including phenoxy) is 1. The molecule has 32 heavy (non-hydrogen) atoms. The average molecular weight is 528 g/mol. The number of anilines is 1. The normalized spacial score (nSPS) is 10.8. The van der Waals surface area contributed by atoms with Crippen molar-refractivity contribution in [3.05, 3.63) is 70.3 Å². The first-order valence-electron chi connectivity index (χ1n) is 9.73. The zero-order valence-electron chi connectivity index (χ0n) is 17.0. The second kappa shape index (κ2) is 10.2. The highest BCUT2D eigenvalue weighted by Gasteiger charge is 2.15. The van der Waals surface area contributed by atoms with E-state index in [0.29, 0.717) is 17.9 Å². The standard InChI is InChI=1S/C23H18BrN3O3S2/c1-2-30-23(29)15-5-9-17(10-6-15)27-19(28)12-32-22-20-18(11-31-21(20)25-13-26-22)14-3-7-16(24)8-4-14/h3-11,13H,2,12H2,1H3,(H,27,28). The molecule has 0 radical (unpaired) electrons. The topological polar surface area (TPSA) is 81.2 Å². The van der Waals surface area contributed by atoms with E-state index in [1.807, 2.05) is 24.3 Å². The number of carbonyl (C=O) groups is 2. The van der Waals surface area contributed by atoms with Crippen LogP contribution in [0, 0.1) is 0 Å². The quantitative estimate of drug-likeness (QED) is 0.179. The van der Waals surface area contributed by atoms with Crippen molar-refractivity contribution in [2.75, 3.05) is 17.7 Å². The Morgan fingerprint density at radius 3 is 2.56 bits per heavy atom. The van der Waals surface area contributed by atoms with Crippen LogP contribution in [0.1, 0.15) is 17.3 Å². The van der Waals surface area contributed by atoms with Gasteiger partial charge in [0.25, 0.3) is 0 Å². The maximum atomic E-state index is 12.5. The van der Waals surface area contributed by atoms with Gasteiger partial charge in [-0.25, -0.2) is 14.8 Å². The van der Waals surface area contributed by atoms with E-state index in [0.717, 1.165) is 30.8 Å². The van der Waals surface area contributed by atoms with E-state index in [1.165, 1.54) is 18.1 Å². The predicted octanol–water partition coefficient (Wildman–Crippen LogP) is 6.03. The van der Waals surface area contributed by atoms with E-state index in [2.05, 4.69) is 36.6 Å². The fraction of sp³-hybridized carbons (Fsp3) is 0.130. The number of benzene rings is 2. The van der Waals surface area contributed by atoms with Gasteiger partial charge < -0.3 is 10.1 Å². The van der Waals surface area contributed by atoms with Crippen LogP contribution >= 0.6 is 39.0 Å². The largest absolute Gasteiger partial charge is 0.462 e. The summed E-state index contributed by atoms with van der Waals surface area (Å²) in [4.78, 5) is 33.9. The lowest BCUT2D eigenvalue weighted by Crippen LogP contribution is -2.14. The van der Waals surface area contributed by atoms with Gasteiger partial charge in [-0.2, -0.15) is 0 Å². The van der Waals surface area contributed by atoms with Crippen molar-refractivity contribution in [3.63, 3.8) is 0 Å². The molecule has 2 heterocycles. The number of nitrogens with zero attached hydrogens (tertiary/aromatic N) is 2. The molecule has 0 bridgehead atoms. The Morgan fingerprint density at radius 1 is 1.09 bits per heavy atom. The Balaban J connectivity index is 1.46. The Labute approximate surface area is 201 Å². The summed E-state index contributed by atoms with van der Waals surface area (Å²) in [6.07, 6.45) is 1.53. The summed E-state index contributed by atoms with van der Waals surface area (Å²) in [5.74, 6) is -0.349. The number of thioether (sulfide) groups is 1. The lowest BCUT2D eigenvalue weighted by molar-refractivity contribution is -0.113. The van der Waals surface area contributed by atoms with Crippen LogP contribution in [0.4, 0.5) is 5.69 Å². The number of fused-ring (bicyclic) bond motifs is 1. The van der Waals surface area contributed by atoms with Gasteiger partial charge in [-0.05, 0) is 48.9 Å². The van der Waals surface area contributed by atoms with Crippen LogP contribution in [0.25, 0.3) is 21.3 Å². The van der Waals surface area contributed by atoms with Gasteiger partial charge in [0.05, 0.1) is 23.3 Å². The molecule has 1 N–H and O–H groups in total. The molecule has 1 amide bonds. The first kappa shape index (κ1) is 22.4. The fourth-order valence-corrected chi connectivity index (χ4v) is 5.09. The molecule has 0 saturated carbocycles. The number of esters is 1. The van der Waals surface area contributed by atoms with Gasteiger partial charge in [0, 0.05) is 21.1 Å². The van der Waals surface area contributed by atoms with E-state index in [4.69, 9.17) is 4.74 Å². The predicted molar refractivity (Wildman–Crippen MR) is 132 cm³/mol. The summed E-state index contributed by atoms with van der Waals surface area (Å²) in [6.45, 7) is 2.08. The summed E-state index contributed by atoms with van der Waals surface area (Å²) < 4.78 is 5.98. The number of nitrogens with one attached hydrogen (secondary N) is 1. The van der Waals surface area contributed by atoms with Gasteiger partial charge in [0.2, 0.25) is 5.91 Å². The van der Waals surface area contributed by atoms with E-state index in [9.17, 15) is 9.59 Å². The lowest BCUT2D eigenvalue weighted by atomic mass is 10.1. The maximum absolute atomic E-state index is 12.5. The van der Waals surface area contributed by atoms with E-state index in [1.54, 1.807) is 42.5 Å². The summed E-state index contributed by atoms with van der Waals surface area (Å²) in [6, 6.07) is 14.7. The zero-order valence-corrected chi connectivity index (χ0v) is 20.2.